The summed E-state index contributed by atoms with van der Waals surface area (Å²) in [6.45, 7) is 25.1. The Kier molecular flexibility index (Phi) is 9.71. The van der Waals surface area contributed by atoms with Crippen LogP contribution in [0, 0.1) is 18.3 Å². The summed E-state index contributed by atoms with van der Waals surface area (Å²) in [5.74, 6) is 0. The Hall–Kier alpha value is -6.31. The van der Waals surface area contributed by atoms with E-state index in [0.717, 1.165) is 28.3 Å². The fourth-order valence-electron chi connectivity index (χ4n) is 9.90. The van der Waals surface area contributed by atoms with Gasteiger partial charge in [0.1, 0.15) is 6.07 Å². The second kappa shape index (κ2) is 14.7. The van der Waals surface area contributed by atoms with Crippen molar-refractivity contribution >= 4 is 57.2 Å². The van der Waals surface area contributed by atoms with E-state index in [2.05, 4.69) is 244 Å². The van der Waals surface area contributed by atoms with Crippen molar-refractivity contribution in [3.8, 4) is 6.07 Å². The summed E-state index contributed by atoms with van der Waals surface area (Å²) in [7, 11) is 0. The molecule has 0 fully saturated rings. The van der Waals surface area contributed by atoms with Crippen molar-refractivity contribution in [3.05, 3.63) is 196 Å². The van der Waals surface area contributed by atoms with Crippen molar-refractivity contribution < 1.29 is 0 Å². The minimum atomic E-state index is -0.297. The van der Waals surface area contributed by atoms with E-state index in [1.165, 1.54) is 61.1 Å². The summed E-state index contributed by atoms with van der Waals surface area (Å²) in [5, 5.41) is 11.1. The van der Waals surface area contributed by atoms with Gasteiger partial charge in [-0.2, -0.15) is 5.26 Å². The van der Waals surface area contributed by atoms with Crippen LogP contribution in [-0.4, -0.2) is 6.71 Å². The minimum Gasteiger partial charge on any atom is -0.311 e. The average molecular weight is 808 g/mol. The van der Waals surface area contributed by atoms with Crippen LogP contribution < -0.4 is 26.2 Å². The van der Waals surface area contributed by atoms with E-state index in [9.17, 15) is 5.26 Å². The van der Waals surface area contributed by atoms with Gasteiger partial charge >= 0.3 is 0 Å². The average Bonchev–Trinajstić information content (AvgIpc) is 3.25. The second-order valence-corrected chi connectivity index (χ2v) is 20.7. The number of hydrogen-bond donors (Lipinski definition) is 0. The molecule has 9 rings (SSSR count). The van der Waals surface area contributed by atoms with Crippen molar-refractivity contribution in [3.63, 3.8) is 0 Å². The number of fused-ring (bicyclic) bond motifs is 4. The van der Waals surface area contributed by atoms with Crippen molar-refractivity contribution in [2.24, 2.45) is 0 Å². The lowest BCUT2D eigenvalue weighted by atomic mass is 9.33. The lowest BCUT2D eigenvalue weighted by Crippen LogP contribution is -2.61. The van der Waals surface area contributed by atoms with Crippen LogP contribution in [0.25, 0.3) is 0 Å². The molecular weight excluding hydrogens is 749 g/mol. The number of hydrogen-bond acceptors (Lipinski definition) is 3. The van der Waals surface area contributed by atoms with Gasteiger partial charge in [-0.3, -0.25) is 0 Å². The van der Waals surface area contributed by atoms with E-state index in [-0.39, 0.29) is 28.4 Å². The first-order chi connectivity index (χ1) is 29.4. The smallest absolute Gasteiger partial charge is 0.252 e. The van der Waals surface area contributed by atoms with Gasteiger partial charge in [-0.15, -0.1) is 0 Å². The molecule has 62 heavy (non-hydrogen) atoms. The highest BCUT2D eigenvalue weighted by molar-refractivity contribution is 7.00. The molecule has 0 bridgehead atoms. The van der Waals surface area contributed by atoms with Crippen LogP contribution in [0.5, 0.6) is 0 Å². The van der Waals surface area contributed by atoms with E-state index >= 15 is 0 Å². The molecule has 4 heteroatoms. The molecule has 0 spiro atoms. The Morgan fingerprint density at radius 2 is 0.855 bits per heavy atom. The maximum absolute atomic E-state index is 11.1. The highest BCUT2D eigenvalue weighted by atomic mass is 15.2. The summed E-state index contributed by atoms with van der Waals surface area (Å²) in [6.07, 6.45) is 0. The van der Waals surface area contributed by atoms with E-state index in [4.69, 9.17) is 0 Å². The summed E-state index contributed by atoms with van der Waals surface area (Å²) in [5.41, 5.74) is 19.1. The fraction of sp³-hybridized carbons (Fsp3) is 0.259. The highest BCUT2D eigenvalue weighted by Crippen LogP contribution is 2.47. The summed E-state index contributed by atoms with van der Waals surface area (Å²) >= 11 is 0. The molecule has 2 heterocycles. The van der Waals surface area contributed by atoms with Gasteiger partial charge in [0.2, 0.25) is 0 Å². The van der Waals surface area contributed by atoms with Gasteiger partial charge in [-0.05, 0) is 122 Å². The number of rotatable bonds is 6. The molecule has 0 aliphatic carbocycles. The van der Waals surface area contributed by atoms with E-state index in [0.29, 0.717) is 5.56 Å². The Bertz CT molecular complexity index is 2890. The first-order valence-corrected chi connectivity index (χ1v) is 22.2. The number of anilines is 6. The lowest BCUT2D eigenvalue weighted by molar-refractivity contribution is 0.590. The summed E-state index contributed by atoms with van der Waals surface area (Å²) < 4.78 is 0. The van der Waals surface area contributed by atoms with Gasteiger partial charge in [0.05, 0.1) is 11.3 Å². The van der Waals surface area contributed by atoms with Gasteiger partial charge in [0.15, 0.2) is 0 Å². The molecule has 7 aromatic rings. The first kappa shape index (κ1) is 41.1. The third kappa shape index (κ3) is 6.74. The molecule has 0 amide bonds. The predicted molar refractivity (Wildman–Crippen MR) is 264 cm³/mol. The van der Waals surface area contributed by atoms with Gasteiger partial charge in [-0.25, -0.2) is 0 Å². The molecule has 0 aromatic heterocycles. The van der Waals surface area contributed by atoms with E-state index < -0.39 is 0 Å². The van der Waals surface area contributed by atoms with E-state index in [1.54, 1.807) is 0 Å². The van der Waals surface area contributed by atoms with Crippen LogP contribution >= 0.6 is 0 Å². The molecule has 0 N–H and O–H groups in total. The maximum Gasteiger partial charge on any atom is 0.252 e. The molecule has 3 nitrogen and oxygen atoms in total. The Morgan fingerprint density at radius 3 is 1.37 bits per heavy atom. The molecule has 0 radical (unpaired) electrons. The highest BCUT2D eigenvalue weighted by Gasteiger charge is 2.45. The predicted octanol–water partition coefficient (Wildman–Crippen LogP) is 13.2. The van der Waals surface area contributed by atoms with Crippen molar-refractivity contribution in [1.82, 2.24) is 0 Å². The standard InChI is InChI=1S/C58H58BN3/c1-38-32-52-54-53(33-38)62(49-29-25-44(34-39(49)37-60)57(8,9)41-18-14-12-15-19-41)51-31-26-45(58(10,11)42-20-16-13-17-21-42)36-48(51)59(54)47-35-43(56(5,6)7)24-30-50(47)61(52)46-27-22-40(23-28-46)55(2,3)4/h12-36H,1-11H3. The van der Waals surface area contributed by atoms with Crippen LogP contribution in [0.4, 0.5) is 34.1 Å². The maximum atomic E-state index is 11.1. The number of benzene rings is 7. The van der Waals surface area contributed by atoms with Crippen molar-refractivity contribution in [2.75, 3.05) is 9.80 Å². The molecule has 308 valence electrons. The topological polar surface area (TPSA) is 30.3 Å². The molecular formula is C58H58BN3. The zero-order valence-corrected chi connectivity index (χ0v) is 38.4. The first-order valence-electron chi connectivity index (χ1n) is 22.2. The van der Waals surface area contributed by atoms with Crippen molar-refractivity contribution in [2.45, 2.75) is 97.8 Å². The van der Waals surface area contributed by atoms with Gasteiger partial charge in [0, 0.05) is 39.3 Å². The zero-order valence-electron chi connectivity index (χ0n) is 38.4. The molecule has 2 aliphatic heterocycles. The van der Waals surface area contributed by atoms with Gasteiger partial charge < -0.3 is 9.80 Å². The van der Waals surface area contributed by atoms with Crippen LogP contribution in [-0.2, 0) is 21.7 Å². The molecule has 0 saturated carbocycles. The Labute approximate surface area is 370 Å². The second-order valence-electron chi connectivity index (χ2n) is 20.7. The van der Waals surface area contributed by atoms with E-state index in [1.807, 2.05) is 0 Å². The van der Waals surface area contributed by atoms with Crippen LogP contribution in [0.1, 0.15) is 114 Å². The lowest BCUT2D eigenvalue weighted by Gasteiger charge is -2.45. The molecule has 0 atom stereocenters. The quantitative estimate of drug-likeness (QED) is 0.157. The monoisotopic (exact) mass is 807 g/mol. The number of aryl methyl sites for hydroxylation is 1. The van der Waals surface area contributed by atoms with Crippen molar-refractivity contribution in [1.29, 1.82) is 5.26 Å². The summed E-state index contributed by atoms with van der Waals surface area (Å²) in [4.78, 5) is 4.89. The number of nitrogens with zero attached hydrogens (tertiary/aromatic N) is 3. The Balaban J connectivity index is 1.35. The third-order valence-corrected chi connectivity index (χ3v) is 13.9. The van der Waals surface area contributed by atoms with Crippen LogP contribution in [0.3, 0.4) is 0 Å². The molecule has 0 saturated heterocycles. The molecule has 2 aliphatic rings. The Morgan fingerprint density at radius 1 is 0.419 bits per heavy atom. The zero-order chi connectivity index (χ0) is 43.9. The van der Waals surface area contributed by atoms with Crippen LogP contribution in [0.2, 0.25) is 0 Å². The number of nitriles is 1. The largest absolute Gasteiger partial charge is 0.311 e. The minimum absolute atomic E-state index is 0.0350. The van der Waals surface area contributed by atoms with Gasteiger partial charge in [-0.1, -0.05) is 172 Å². The third-order valence-electron chi connectivity index (χ3n) is 13.9. The fourth-order valence-corrected chi connectivity index (χ4v) is 9.90. The molecule has 0 unspecified atom stereocenters. The SMILES string of the molecule is Cc1cc2c3c(c1)N(c1ccc(C(C)(C)c4ccccc4)cc1C#N)c1ccc(C(C)(C)c4ccccc4)cc1B3c1cc(C(C)(C)C)ccc1N2c1ccc(C(C)(C)C)cc1. The van der Waals surface area contributed by atoms with Crippen LogP contribution in [0.15, 0.2) is 152 Å². The normalized spacial score (nSPS) is 13.6. The molecule has 7 aromatic carbocycles. The van der Waals surface area contributed by atoms with Gasteiger partial charge in [0.25, 0.3) is 6.71 Å². The summed E-state index contributed by atoms with van der Waals surface area (Å²) in [6, 6.07) is 58.9.